The topological polar surface area (TPSA) is 92.3 Å². The zero-order chi connectivity index (χ0) is 26.2. The number of aromatic nitrogens is 1. The molecule has 1 fully saturated rings. The van der Waals surface area contributed by atoms with Crippen LogP contribution in [0.25, 0.3) is 10.2 Å². The number of nitrogens with zero attached hydrogens (tertiary/aromatic N) is 4. The van der Waals surface area contributed by atoms with Gasteiger partial charge in [0.1, 0.15) is 0 Å². The largest absolute Gasteiger partial charge is 0.454 e. The van der Waals surface area contributed by atoms with E-state index in [1.165, 1.54) is 23.5 Å². The molecule has 2 aromatic carbocycles. The van der Waals surface area contributed by atoms with E-state index in [2.05, 4.69) is 11.8 Å². The summed E-state index contributed by atoms with van der Waals surface area (Å²) in [5.74, 6) is 1.64. The highest BCUT2D eigenvalue weighted by atomic mass is 35.5. The summed E-state index contributed by atoms with van der Waals surface area (Å²) in [4.78, 5) is 22.4. The normalized spacial score (nSPS) is 16.1. The van der Waals surface area contributed by atoms with Crippen LogP contribution < -0.4 is 14.4 Å². The average Bonchev–Trinajstić information content (AvgIpc) is 3.50. The number of hydrogen-bond donors (Lipinski definition) is 0. The number of piperidine rings is 1. The Balaban J connectivity index is 0.00000336. The third-order valence-corrected chi connectivity index (χ3v) is 9.77. The molecule has 1 saturated heterocycles. The molecule has 38 heavy (non-hydrogen) atoms. The maximum Gasteiger partial charge on any atom is 0.260 e. The summed E-state index contributed by atoms with van der Waals surface area (Å²) in [5.41, 5.74) is 1.16. The number of amides is 1. The minimum Gasteiger partial charge on any atom is -0.454 e. The van der Waals surface area contributed by atoms with Crippen LogP contribution in [-0.4, -0.2) is 75.6 Å². The van der Waals surface area contributed by atoms with Gasteiger partial charge in [-0.05, 0) is 70.1 Å². The Bertz CT molecular complexity index is 1350. The van der Waals surface area contributed by atoms with Crippen molar-refractivity contribution in [3.8, 4) is 11.5 Å². The van der Waals surface area contributed by atoms with Gasteiger partial charge < -0.3 is 14.4 Å². The predicted molar refractivity (Wildman–Crippen MR) is 151 cm³/mol. The van der Waals surface area contributed by atoms with Crippen molar-refractivity contribution in [2.24, 2.45) is 5.92 Å². The first-order chi connectivity index (χ1) is 17.7. The van der Waals surface area contributed by atoms with E-state index in [4.69, 9.17) is 14.5 Å². The van der Waals surface area contributed by atoms with Crippen molar-refractivity contribution in [1.82, 2.24) is 14.2 Å². The Morgan fingerprint density at radius 1 is 1.08 bits per heavy atom. The molecule has 1 aromatic heterocycles. The lowest BCUT2D eigenvalue weighted by atomic mass is 10.0. The van der Waals surface area contributed by atoms with Gasteiger partial charge in [-0.25, -0.2) is 13.4 Å². The molecular formula is C26H33ClN4O5S2. The molecule has 0 N–H and O–H groups in total. The first-order valence-corrected chi connectivity index (χ1v) is 14.7. The van der Waals surface area contributed by atoms with E-state index >= 15 is 0 Å². The quantitative estimate of drug-likeness (QED) is 0.388. The highest BCUT2D eigenvalue weighted by Gasteiger charge is 2.29. The van der Waals surface area contributed by atoms with Crippen LogP contribution in [0.5, 0.6) is 11.5 Å². The second-order valence-electron chi connectivity index (χ2n) is 9.89. The number of thiazole rings is 1. The van der Waals surface area contributed by atoms with Gasteiger partial charge >= 0.3 is 0 Å². The fraction of sp³-hybridized carbons (Fsp3) is 0.462. The molecular weight excluding hydrogens is 548 g/mol. The number of carbonyl (C=O) groups excluding carboxylic acids is 1. The van der Waals surface area contributed by atoms with Gasteiger partial charge in [-0.1, -0.05) is 18.3 Å². The number of rotatable bonds is 8. The number of benzene rings is 2. The number of hydrogen-bond acceptors (Lipinski definition) is 8. The number of halogens is 1. The second kappa shape index (κ2) is 11.7. The van der Waals surface area contributed by atoms with Gasteiger partial charge in [-0.2, -0.15) is 4.31 Å². The van der Waals surface area contributed by atoms with Gasteiger partial charge in [0.05, 0.1) is 15.1 Å². The van der Waals surface area contributed by atoms with E-state index in [-0.39, 0.29) is 30.0 Å². The summed E-state index contributed by atoms with van der Waals surface area (Å²) in [5, 5.41) is 0.585. The Morgan fingerprint density at radius 2 is 1.74 bits per heavy atom. The molecule has 3 heterocycles. The fourth-order valence-electron chi connectivity index (χ4n) is 4.55. The van der Waals surface area contributed by atoms with Crippen LogP contribution in [0.2, 0.25) is 0 Å². The molecule has 2 aliphatic heterocycles. The standard InChI is InChI=1S/C26H32N4O5S2.ClH/c1-18-9-13-29(14-10-18)37(32,33)20-7-5-19(6-8-20)25(31)30(12-4-11-28(2)3)26-27-21-15-22-23(35-17-34-22)16-24(21)36-26;/h5-8,15-16,18H,4,9-14,17H2,1-3H3;1H. The van der Waals surface area contributed by atoms with Gasteiger partial charge in [0.15, 0.2) is 16.6 Å². The molecule has 9 nitrogen and oxygen atoms in total. The van der Waals surface area contributed by atoms with Gasteiger partial charge in [0.2, 0.25) is 16.8 Å². The number of sulfonamides is 1. The van der Waals surface area contributed by atoms with E-state index in [9.17, 15) is 13.2 Å². The lowest BCUT2D eigenvalue weighted by molar-refractivity contribution is 0.0986. The van der Waals surface area contributed by atoms with E-state index in [0.717, 1.165) is 36.0 Å². The smallest absolute Gasteiger partial charge is 0.260 e. The number of carbonyl (C=O) groups is 1. The van der Waals surface area contributed by atoms with Crippen molar-refractivity contribution in [2.75, 3.05) is 52.0 Å². The SMILES string of the molecule is CC1CCN(S(=O)(=O)c2ccc(C(=O)N(CCCN(C)C)c3nc4cc5c(cc4s3)OCO5)cc2)CC1.Cl. The summed E-state index contributed by atoms with van der Waals surface area (Å²) >= 11 is 1.42. The van der Waals surface area contributed by atoms with Gasteiger partial charge in [0.25, 0.3) is 5.91 Å². The van der Waals surface area contributed by atoms with Crippen molar-refractivity contribution >= 4 is 55.0 Å². The molecule has 1 amide bonds. The van der Waals surface area contributed by atoms with E-state index < -0.39 is 10.0 Å². The molecule has 206 valence electrons. The third kappa shape index (κ3) is 5.91. The molecule has 0 atom stereocenters. The van der Waals surface area contributed by atoms with Crippen LogP contribution in [0.15, 0.2) is 41.3 Å². The highest BCUT2D eigenvalue weighted by molar-refractivity contribution is 7.89. The Kier molecular flexibility index (Phi) is 8.83. The maximum atomic E-state index is 13.7. The van der Waals surface area contributed by atoms with E-state index in [1.54, 1.807) is 21.3 Å². The first kappa shape index (κ1) is 28.6. The Labute approximate surface area is 233 Å². The van der Waals surface area contributed by atoms with Crippen LogP contribution in [0.4, 0.5) is 5.13 Å². The lowest BCUT2D eigenvalue weighted by Crippen LogP contribution is -2.38. The highest BCUT2D eigenvalue weighted by Crippen LogP contribution is 2.40. The Morgan fingerprint density at radius 3 is 2.39 bits per heavy atom. The second-order valence-corrected chi connectivity index (χ2v) is 12.8. The van der Waals surface area contributed by atoms with Gasteiger partial charge in [-0.15, -0.1) is 12.4 Å². The molecule has 2 aliphatic rings. The predicted octanol–water partition coefficient (Wildman–Crippen LogP) is 4.47. The van der Waals surface area contributed by atoms with Gasteiger partial charge in [0, 0.05) is 37.3 Å². The minimum atomic E-state index is -3.58. The minimum absolute atomic E-state index is 0. The summed E-state index contributed by atoms with van der Waals surface area (Å²) < 4.78 is 39.6. The van der Waals surface area contributed by atoms with E-state index in [1.807, 2.05) is 26.2 Å². The Hall–Kier alpha value is -2.44. The van der Waals surface area contributed by atoms with Crippen LogP contribution in [0, 0.1) is 5.92 Å². The van der Waals surface area contributed by atoms with Crippen molar-refractivity contribution in [3.05, 3.63) is 42.0 Å². The summed E-state index contributed by atoms with van der Waals surface area (Å²) in [6, 6.07) is 10.0. The molecule has 0 radical (unpaired) electrons. The zero-order valence-corrected chi connectivity index (χ0v) is 24.2. The molecule has 0 unspecified atom stereocenters. The van der Waals surface area contributed by atoms with Crippen LogP contribution in [-0.2, 0) is 10.0 Å². The average molecular weight is 581 g/mol. The van der Waals surface area contributed by atoms with Crippen molar-refractivity contribution in [2.45, 2.75) is 31.1 Å². The zero-order valence-electron chi connectivity index (χ0n) is 21.8. The van der Waals surface area contributed by atoms with Crippen molar-refractivity contribution in [1.29, 1.82) is 0 Å². The van der Waals surface area contributed by atoms with Crippen molar-refractivity contribution < 1.29 is 22.7 Å². The number of fused-ring (bicyclic) bond motifs is 2. The van der Waals surface area contributed by atoms with Crippen LogP contribution in [0.3, 0.4) is 0 Å². The number of anilines is 1. The molecule has 3 aromatic rings. The molecule has 5 rings (SSSR count). The molecule has 0 saturated carbocycles. The number of ether oxygens (including phenoxy) is 2. The molecule has 12 heteroatoms. The molecule has 0 bridgehead atoms. The van der Waals surface area contributed by atoms with E-state index in [0.29, 0.717) is 47.7 Å². The molecule has 0 spiro atoms. The summed E-state index contributed by atoms with van der Waals surface area (Å²) in [6.07, 6.45) is 2.49. The van der Waals surface area contributed by atoms with Crippen LogP contribution in [0.1, 0.15) is 36.5 Å². The monoisotopic (exact) mass is 580 g/mol. The van der Waals surface area contributed by atoms with Crippen molar-refractivity contribution in [3.63, 3.8) is 0 Å². The van der Waals surface area contributed by atoms with Gasteiger partial charge in [-0.3, -0.25) is 9.69 Å². The first-order valence-electron chi connectivity index (χ1n) is 12.5. The molecule has 0 aliphatic carbocycles. The fourth-order valence-corrected chi connectivity index (χ4v) is 7.02. The third-order valence-electron chi connectivity index (χ3n) is 6.82. The van der Waals surface area contributed by atoms with Crippen LogP contribution >= 0.6 is 23.7 Å². The summed E-state index contributed by atoms with van der Waals surface area (Å²) in [6.45, 7) is 4.69. The summed E-state index contributed by atoms with van der Waals surface area (Å²) in [7, 11) is 0.410. The lowest BCUT2D eigenvalue weighted by Gasteiger charge is -2.29. The maximum absolute atomic E-state index is 13.7.